The van der Waals surface area contributed by atoms with Crippen molar-refractivity contribution in [2.75, 3.05) is 33.2 Å². The van der Waals surface area contributed by atoms with E-state index in [1.165, 1.54) is 45.7 Å². The van der Waals surface area contributed by atoms with Gasteiger partial charge in [0.25, 0.3) is 11.5 Å². The van der Waals surface area contributed by atoms with Crippen LogP contribution >= 0.6 is 15.9 Å². The number of pyridine rings is 1. The van der Waals surface area contributed by atoms with Gasteiger partial charge in [-0.15, -0.1) is 0 Å². The third kappa shape index (κ3) is 5.00. The van der Waals surface area contributed by atoms with Gasteiger partial charge in [0.2, 0.25) is 11.7 Å². The van der Waals surface area contributed by atoms with Gasteiger partial charge < -0.3 is 29.8 Å². The Morgan fingerprint density at radius 3 is 2.26 bits per heavy atom. The predicted molar refractivity (Wildman–Crippen MR) is 102 cm³/mol. The van der Waals surface area contributed by atoms with Gasteiger partial charge in [-0.2, -0.15) is 0 Å². The number of anilines is 1. The van der Waals surface area contributed by atoms with Crippen LogP contribution in [0.25, 0.3) is 0 Å². The summed E-state index contributed by atoms with van der Waals surface area (Å²) >= 11 is 3.19. The number of methoxy groups -OCH3 is 3. The SMILES string of the molecule is COc1cc(C(=O)NCC(=O)Nc2cc(Br)c[nH]c2=O)cc(OC)c1OC. The molecule has 0 saturated heterocycles. The van der Waals surface area contributed by atoms with E-state index in [4.69, 9.17) is 14.2 Å². The predicted octanol–water partition coefficient (Wildman–Crippen LogP) is 1.53. The molecule has 10 heteroatoms. The van der Waals surface area contributed by atoms with Crippen molar-refractivity contribution in [2.24, 2.45) is 0 Å². The number of amides is 2. The molecule has 1 heterocycles. The van der Waals surface area contributed by atoms with E-state index in [2.05, 4.69) is 31.5 Å². The van der Waals surface area contributed by atoms with Gasteiger partial charge in [-0.05, 0) is 34.1 Å². The summed E-state index contributed by atoms with van der Waals surface area (Å²) in [6, 6.07) is 4.39. The van der Waals surface area contributed by atoms with Crippen LogP contribution in [0.15, 0.2) is 33.7 Å². The van der Waals surface area contributed by atoms with Crippen molar-refractivity contribution in [3.8, 4) is 17.2 Å². The van der Waals surface area contributed by atoms with Crippen LogP contribution in [0.1, 0.15) is 10.4 Å². The third-order valence-corrected chi connectivity index (χ3v) is 3.94. The van der Waals surface area contributed by atoms with Crippen LogP contribution in [0.5, 0.6) is 17.2 Å². The van der Waals surface area contributed by atoms with E-state index >= 15 is 0 Å². The molecular formula is C17H18BrN3O6. The molecule has 9 nitrogen and oxygen atoms in total. The monoisotopic (exact) mass is 439 g/mol. The van der Waals surface area contributed by atoms with Gasteiger partial charge in [-0.3, -0.25) is 14.4 Å². The molecule has 0 unspecified atom stereocenters. The molecule has 0 aliphatic rings. The van der Waals surface area contributed by atoms with Crippen LogP contribution < -0.4 is 30.4 Å². The highest BCUT2D eigenvalue weighted by molar-refractivity contribution is 9.10. The van der Waals surface area contributed by atoms with Crippen molar-refractivity contribution < 1.29 is 23.8 Å². The summed E-state index contributed by atoms with van der Waals surface area (Å²) in [4.78, 5) is 38.4. The smallest absolute Gasteiger partial charge is 0.271 e. The number of hydrogen-bond donors (Lipinski definition) is 3. The van der Waals surface area contributed by atoms with E-state index in [0.717, 1.165) is 0 Å². The maximum Gasteiger partial charge on any atom is 0.271 e. The van der Waals surface area contributed by atoms with Crippen LogP contribution in [0.3, 0.4) is 0 Å². The molecule has 3 N–H and O–H groups in total. The van der Waals surface area contributed by atoms with Gasteiger partial charge >= 0.3 is 0 Å². The van der Waals surface area contributed by atoms with E-state index in [0.29, 0.717) is 21.7 Å². The Balaban J connectivity index is 2.08. The Morgan fingerprint density at radius 2 is 1.70 bits per heavy atom. The minimum absolute atomic E-state index is 0.0661. The van der Waals surface area contributed by atoms with Crippen molar-refractivity contribution in [1.29, 1.82) is 0 Å². The molecule has 0 spiro atoms. The Hall–Kier alpha value is -3.01. The molecule has 0 atom stereocenters. The number of H-pyrrole nitrogens is 1. The largest absolute Gasteiger partial charge is 0.493 e. The maximum atomic E-state index is 12.3. The number of hydrogen-bond acceptors (Lipinski definition) is 6. The van der Waals surface area contributed by atoms with E-state index in [-0.39, 0.29) is 17.8 Å². The Kier molecular flexibility index (Phi) is 6.83. The average molecular weight is 440 g/mol. The number of halogens is 1. The Morgan fingerprint density at radius 1 is 1.07 bits per heavy atom. The molecule has 0 aliphatic heterocycles. The first-order chi connectivity index (χ1) is 12.9. The van der Waals surface area contributed by atoms with Crippen LogP contribution in [0, 0.1) is 0 Å². The van der Waals surface area contributed by atoms with E-state index in [1.807, 2.05) is 0 Å². The van der Waals surface area contributed by atoms with Crippen molar-refractivity contribution in [3.63, 3.8) is 0 Å². The second kappa shape index (κ2) is 9.08. The lowest BCUT2D eigenvalue weighted by atomic mass is 10.1. The first kappa shape index (κ1) is 20.3. The zero-order valence-corrected chi connectivity index (χ0v) is 16.4. The quantitative estimate of drug-likeness (QED) is 0.601. The van der Waals surface area contributed by atoms with Gasteiger partial charge in [0.15, 0.2) is 11.5 Å². The van der Waals surface area contributed by atoms with Gasteiger partial charge in [0.1, 0.15) is 5.69 Å². The van der Waals surface area contributed by atoms with E-state index < -0.39 is 17.4 Å². The molecular weight excluding hydrogens is 422 g/mol. The summed E-state index contributed by atoms with van der Waals surface area (Å²) in [6.45, 7) is -0.332. The molecule has 0 radical (unpaired) electrons. The summed E-state index contributed by atoms with van der Waals surface area (Å²) in [5.41, 5.74) is -0.170. The Bertz CT molecular complexity index is 887. The molecule has 1 aromatic carbocycles. The fraction of sp³-hybridized carbons (Fsp3) is 0.235. The van der Waals surface area contributed by atoms with Crippen molar-refractivity contribution >= 4 is 33.4 Å². The topological polar surface area (TPSA) is 119 Å². The molecule has 2 amide bonds. The number of aromatic amines is 1. The van der Waals surface area contributed by atoms with Crippen LogP contribution in [-0.2, 0) is 4.79 Å². The zero-order chi connectivity index (χ0) is 20.0. The number of ether oxygens (including phenoxy) is 3. The van der Waals surface area contributed by atoms with Gasteiger partial charge in [-0.25, -0.2) is 0 Å². The Labute approximate surface area is 163 Å². The number of nitrogens with one attached hydrogen (secondary N) is 3. The van der Waals surface area contributed by atoms with Gasteiger partial charge in [-0.1, -0.05) is 0 Å². The summed E-state index contributed by atoms with van der Waals surface area (Å²) in [6.07, 6.45) is 1.45. The number of carbonyl (C=O) groups is 2. The summed E-state index contributed by atoms with van der Waals surface area (Å²) in [7, 11) is 4.32. The molecule has 144 valence electrons. The fourth-order valence-electron chi connectivity index (χ4n) is 2.22. The summed E-state index contributed by atoms with van der Waals surface area (Å²) in [5, 5.41) is 4.89. The normalized spacial score (nSPS) is 10.1. The molecule has 1 aromatic heterocycles. The van der Waals surface area contributed by atoms with Crippen molar-refractivity contribution in [3.05, 3.63) is 44.8 Å². The first-order valence-corrected chi connectivity index (χ1v) is 8.45. The minimum Gasteiger partial charge on any atom is -0.493 e. The highest BCUT2D eigenvalue weighted by atomic mass is 79.9. The minimum atomic E-state index is -0.556. The third-order valence-electron chi connectivity index (χ3n) is 3.48. The second-order valence-corrected chi connectivity index (χ2v) is 6.12. The first-order valence-electron chi connectivity index (χ1n) is 7.65. The fourth-order valence-corrected chi connectivity index (χ4v) is 2.56. The number of rotatable bonds is 7. The highest BCUT2D eigenvalue weighted by Gasteiger charge is 2.17. The molecule has 27 heavy (non-hydrogen) atoms. The molecule has 2 rings (SSSR count). The van der Waals surface area contributed by atoms with Gasteiger partial charge in [0, 0.05) is 16.2 Å². The summed E-state index contributed by atoms with van der Waals surface area (Å²) in [5.74, 6) is -0.102. The molecule has 0 aliphatic carbocycles. The van der Waals surface area contributed by atoms with Crippen LogP contribution in [0.4, 0.5) is 5.69 Å². The van der Waals surface area contributed by atoms with Crippen molar-refractivity contribution in [1.82, 2.24) is 10.3 Å². The second-order valence-electron chi connectivity index (χ2n) is 5.21. The molecule has 0 fully saturated rings. The summed E-state index contributed by atoms with van der Waals surface area (Å²) < 4.78 is 16.2. The van der Waals surface area contributed by atoms with E-state index in [1.54, 1.807) is 0 Å². The average Bonchev–Trinajstić information content (AvgIpc) is 2.67. The number of aromatic nitrogens is 1. The van der Waals surface area contributed by atoms with Gasteiger partial charge in [0.05, 0.1) is 27.9 Å². The van der Waals surface area contributed by atoms with Crippen LogP contribution in [0.2, 0.25) is 0 Å². The van der Waals surface area contributed by atoms with Crippen molar-refractivity contribution in [2.45, 2.75) is 0 Å². The lowest BCUT2D eigenvalue weighted by Gasteiger charge is -2.14. The molecule has 0 bridgehead atoms. The number of benzene rings is 1. The zero-order valence-electron chi connectivity index (χ0n) is 14.8. The maximum absolute atomic E-state index is 12.3. The molecule has 0 saturated carbocycles. The van der Waals surface area contributed by atoms with Crippen LogP contribution in [-0.4, -0.2) is 44.7 Å². The number of carbonyl (C=O) groups excluding carboxylic acids is 2. The highest BCUT2D eigenvalue weighted by Crippen LogP contribution is 2.38. The van der Waals surface area contributed by atoms with E-state index in [9.17, 15) is 14.4 Å². The molecule has 2 aromatic rings. The lowest BCUT2D eigenvalue weighted by Crippen LogP contribution is -2.34. The lowest BCUT2D eigenvalue weighted by molar-refractivity contribution is -0.115. The standard InChI is InChI=1S/C17H18BrN3O6/c1-25-12-4-9(5-13(26-2)15(12)27-3)16(23)20-8-14(22)21-11-6-10(18)7-19-17(11)24/h4-7H,8H2,1-3H3,(H,19,24)(H,20,23)(H,21,22).